The zero-order chi connectivity index (χ0) is 16.8. The summed E-state index contributed by atoms with van der Waals surface area (Å²) in [6.45, 7) is -0.117. The number of amides is 2. The van der Waals surface area contributed by atoms with E-state index < -0.39 is 29.5 Å². The number of benzene rings is 2. The Morgan fingerprint density at radius 1 is 1.17 bits per heavy atom. The van der Waals surface area contributed by atoms with Crippen molar-refractivity contribution in [3.63, 3.8) is 0 Å². The van der Waals surface area contributed by atoms with E-state index in [-0.39, 0.29) is 6.54 Å². The Hall–Kier alpha value is -2.67. The molecule has 5 nitrogen and oxygen atoms in total. The van der Waals surface area contributed by atoms with Crippen molar-refractivity contribution < 1.29 is 23.4 Å². The zero-order valence-corrected chi connectivity index (χ0v) is 12.3. The largest absolute Gasteiger partial charge is 0.497 e. The third-order valence-electron chi connectivity index (χ3n) is 3.16. The molecule has 0 bridgehead atoms. The molecular weight excluding hydrogens is 306 g/mol. The highest BCUT2D eigenvalue weighted by molar-refractivity contribution is 5.89. The van der Waals surface area contributed by atoms with Crippen LogP contribution < -0.4 is 15.4 Å². The van der Waals surface area contributed by atoms with Gasteiger partial charge in [-0.05, 0) is 29.8 Å². The second-order valence-electron chi connectivity index (χ2n) is 4.72. The number of methoxy groups -OCH3 is 1. The third-order valence-corrected chi connectivity index (χ3v) is 3.16. The lowest BCUT2D eigenvalue weighted by Gasteiger charge is -2.14. The standard InChI is InChI=1S/C16H16F2N2O3/c1-23-11-7-5-10(6-8-11)14(21)9-19-16(22)20-15-12(17)3-2-4-13(15)18/h2-8,14,21H,9H2,1H3,(H2,19,20,22). The number of para-hydroxylation sites is 1. The van der Waals surface area contributed by atoms with E-state index in [4.69, 9.17) is 4.74 Å². The molecule has 0 aliphatic heterocycles. The van der Waals surface area contributed by atoms with Gasteiger partial charge in [-0.2, -0.15) is 0 Å². The van der Waals surface area contributed by atoms with Gasteiger partial charge < -0.3 is 20.5 Å². The van der Waals surface area contributed by atoms with Crippen molar-refractivity contribution in [2.75, 3.05) is 19.0 Å². The third kappa shape index (κ3) is 4.40. The maximum absolute atomic E-state index is 13.4. The van der Waals surface area contributed by atoms with Crippen LogP contribution in [0.3, 0.4) is 0 Å². The summed E-state index contributed by atoms with van der Waals surface area (Å²) in [5.74, 6) is -1.12. The molecule has 0 spiro atoms. The molecular formula is C16H16F2N2O3. The predicted molar refractivity (Wildman–Crippen MR) is 81.3 cm³/mol. The first-order chi connectivity index (χ1) is 11.0. The van der Waals surface area contributed by atoms with Crippen LogP contribution >= 0.6 is 0 Å². The van der Waals surface area contributed by atoms with Crippen molar-refractivity contribution in [3.8, 4) is 5.75 Å². The second kappa shape index (κ2) is 7.55. The van der Waals surface area contributed by atoms with E-state index in [1.54, 1.807) is 24.3 Å². The van der Waals surface area contributed by atoms with Crippen LogP contribution in [0.5, 0.6) is 5.75 Å². The molecule has 2 aromatic carbocycles. The molecule has 7 heteroatoms. The Labute approximate surface area is 131 Å². The number of hydrogen-bond acceptors (Lipinski definition) is 3. The van der Waals surface area contributed by atoms with Crippen LogP contribution in [0.25, 0.3) is 0 Å². The van der Waals surface area contributed by atoms with E-state index in [2.05, 4.69) is 10.6 Å². The Balaban J connectivity index is 1.90. The fourth-order valence-electron chi connectivity index (χ4n) is 1.91. The number of anilines is 1. The molecule has 0 saturated carbocycles. The molecule has 0 aliphatic rings. The van der Waals surface area contributed by atoms with Crippen molar-refractivity contribution in [1.29, 1.82) is 0 Å². The highest BCUT2D eigenvalue weighted by Gasteiger charge is 2.13. The minimum absolute atomic E-state index is 0.117. The lowest BCUT2D eigenvalue weighted by atomic mass is 10.1. The maximum atomic E-state index is 13.4. The Morgan fingerprint density at radius 2 is 1.78 bits per heavy atom. The number of aliphatic hydroxyl groups excluding tert-OH is 1. The summed E-state index contributed by atoms with van der Waals surface area (Å²) in [6.07, 6.45) is -0.961. The molecule has 0 heterocycles. The molecule has 1 unspecified atom stereocenters. The summed E-state index contributed by atoms with van der Waals surface area (Å²) < 4.78 is 31.8. The van der Waals surface area contributed by atoms with Crippen molar-refractivity contribution in [2.45, 2.75) is 6.10 Å². The van der Waals surface area contributed by atoms with Crippen LogP contribution in [0, 0.1) is 11.6 Å². The van der Waals surface area contributed by atoms with E-state index in [0.717, 1.165) is 12.1 Å². The number of rotatable bonds is 5. The van der Waals surface area contributed by atoms with E-state index in [1.165, 1.54) is 13.2 Å². The number of aliphatic hydroxyl groups is 1. The molecule has 2 amide bonds. The number of nitrogens with one attached hydrogen (secondary N) is 2. The summed E-state index contributed by atoms with van der Waals surface area (Å²) in [5, 5.41) is 14.4. The lowest BCUT2D eigenvalue weighted by Crippen LogP contribution is -2.33. The van der Waals surface area contributed by atoms with Crippen LogP contribution in [0.1, 0.15) is 11.7 Å². The highest BCUT2D eigenvalue weighted by Crippen LogP contribution is 2.19. The van der Waals surface area contributed by atoms with Gasteiger partial charge in [-0.15, -0.1) is 0 Å². The van der Waals surface area contributed by atoms with Crippen LogP contribution in [0.4, 0.5) is 19.3 Å². The lowest BCUT2D eigenvalue weighted by molar-refractivity contribution is 0.175. The van der Waals surface area contributed by atoms with Gasteiger partial charge in [0.05, 0.1) is 13.2 Å². The normalized spacial score (nSPS) is 11.7. The number of carbonyl (C=O) groups excluding carboxylic acids is 1. The topological polar surface area (TPSA) is 70.6 Å². The molecule has 3 N–H and O–H groups in total. The number of ether oxygens (including phenoxy) is 1. The van der Waals surface area contributed by atoms with Gasteiger partial charge in [0.15, 0.2) is 0 Å². The quantitative estimate of drug-likeness (QED) is 0.793. The van der Waals surface area contributed by atoms with Gasteiger partial charge in [0.25, 0.3) is 0 Å². The summed E-state index contributed by atoms with van der Waals surface area (Å²) in [4.78, 5) is 11.7. The Morgan fingerprint density at radius 3 is 2.35 bits per heavy atom. The molecule has 0 aromatic heterocycles. The van der Waals surface area contributed by atoms with Crippen molar-refractivity contribution >= 4 is 11.7 Å². The second-order valence-corrected chi connectivity index (χ2v) is 4.72. The van der Waals surface area contributed by atoms with Gasteiger partial charge in [-0.1, -0.05) is 18.2 Å². The number of halogens is 2. The van der Waals surface area contributed by atoms with E-state index in [1.807, 2.05) is 0 Å². The van der Waals surface area contributed by atoms with Crippen LogP contribution in [-0.4, -0.2) is 24.8 Å². The Kier molecular flexibility index (Phi) is 5.48. The van der Waals surface area contributed by atoms with Gasteiger partial charge in [-0.25, -0.2) is 13.6 Å². The van der Waals surface area contributed by atoms with Crippen LogP contribution in [-0.2, 0) is 0 Å². The van der Waals surface area contributed by atoms with Crippen LogP contribution in [0.2, 0.25) is 0 Å². The van der Waals surface area contributed by atoms with Gasteiger partial charge in [0.2, 0.25) is 0 Å². The Bertz CT molecular complexity index is 657. The molecule has 0 fully saturated rings. The molecule has 0 saturated heterocycles. The first-order valence-electron chi connectivity index (χ1n) is 6.82. The van der Waals surface area contributed by atoms with Crippen molar-refractivity contribution in [3.05, 3.63) is 59.7 Å². The molecule has 2 rings (SSSR count). The predicted octanol–water partition coefficient (Wildman–Crippen LogP) is 2.83. The van der Waals surface area contributed by atoms with Crippen molar-refractivity contribution in [1.82, 2.24) is 5.32 Å². The average Bonchev–Trinajstić information content (AvgIpc) is 2.56. The fourth-order valence-corrected chi connectivity index (χ4v) is 1.91. The maximum Gasteiger partial charge on any atom is 0.319 e. The molecule has 0 radical (unpaired) electrons. The SMILES string of the molecule is COc1ccc(C(O)CNC(=O)Nc2c(F)cccc2F)cc1. The molecule has 0 aliphatic carbocycles. The molecule has 2 aromatic rings. The average molecular weight is 322 g/mol. The molecule has 1 atom stereocenters. The first-order valence-corrected chi connectivity index (χ1v) is 6.82. The fraction of sp³-hybridized carbons (Fsp3) is 0.188. The first kappa shape index (κ1) is 16.7. The van der Waals surface area contributed by atoms with Gasteiger partial charge >= 0.3 is 6.03 Å². The highest BCUT2D eigenvalue weighted by atomic mass is 19.1. The summed E-state index contributed by atoms with van der Waals surface area (Å²) in [7, 11) is 1.53. The number of urea groups is 1. The molecule has 122 valence electrons. The smallest absolute Gasteiger partial charge is 0.319 e. The van der Waals surface area contributed by atoms with Gasteiger partial charge in [0, 0.05) is 6.54 Å². The van der Waals surface area contributed by atoms with E-state index in [0.29, 0.717) is 11.3 Å². The van der Waals surface area contributed by atoms with Crippen molar-refractivity contribution in [2.24, 2.45) is 0 Å². The van der Waals surface area contributed by atoms with E-state index >= 15 is 0 Å². The zero-order valence-electron chi connectivity index (χ0n) is 12.3. The van der Waals surface area contributed by atoms with Gasteiger partial charge in [-0.3, -0.25) is 0 Å². The summed E-state index contributed by atoms with van der Waals surface area (Å²) in [6, 6.07) is 9.10. The minimum atomic E-state index is -0.961. The van der Waals surface area contributed by atoms with Gasteiger partial charge in [0.1, 0.15) is 23.1 Å². The van der Waals surface area contributed by atoms with E-state index in [9.17, 15) is 18.7 Å². The summed E-state index contributed by atoms with van der Waals surface area (Å²) in [5.41, 5.74) is 0.0344. The van der Waals surface area contributed by atoms with Crippen LogP contribution in [0.15, 0.2) is 42.5 Å². The number of carbonyl (C=O) groups is 1. The monoisotopic (exact) mass is 322 g/mol. The molecule has 23 heavy (non-hydrogen) atoms. The number of hydrogen-bond donors (Lipinski definition) is 3. The summed E-state index contributed by atoms with van der Waals surface area (Å²) >= 11 is 0. The minimum Gasteiger partial charge on any atom is -0.497 e.